The molecule has 0 aliphatic rings. The van der Waals surface area contributed by atoms with Crippen LogP contribution in [-0.2, 0) is 34.8 Å². The molecule has 6 nitrogen and oxygen atoms in total. The van der Waals surface area contributed by atoms with Gasteiger partial charge in [0.15, 0.2) is 11.8 Å². The summed E-state index contributed by atoms with van der Waals surface area (Å²) in [5, 5.41) is 5.29. The van der Waals surface area contributed by atoms with Crippen molar-refractivity contribution >= 4 is 75.7 Å². The molecule has 0 fully saturated rings. The van der Waals surface area contributed by atoms with E-state index >= 15 is 0 Å². The molecule has 0 saturated carbocycles. The first kappa shape index (κ1) is 25.6. The summed E-state index contributed by atoms with van der Waals surface area (Å²) in [7, 11) is 3.19. The van der Waals surface area contributed by atoms with Crippen molar-refractivity contribution in [2.75, 3.05) is 36.4 Å². The Morgan fingerprint density at radius 1 is 0.741 bits per heavy atom. The van der Waals surface area contributed by atoms with E-state index in [0.717, 1.165) is 22.9 Å². The molecule has 2 aromatic rings. The third-order valence-electron chi connectivity index (χ3n) is 3.01. The number of amides is 2. The zero-order valence-electron chi connectivity index (χ0n) is 15.0. The molecule has 0 unspecified atom stereocenters. The van der Waals surface area contributed by atoms with Crippen molar-refractivity contribution in [2.24, 2.45) is 0 Å². The maximum atomic E-state index is 10.9. The van der Waals surface area contributed by atoms with E-state index in [2.05, 4.69) is 35.9 Å². The van der Waals surface area contributed by atoms with E-state index in [1.165, 1.54) is 0 Å². The summed E-state index contributed by atoms with van der Waals surface area (Å²) in [6, 6.07) is 14.2. The summed E-state index contributed by atoms with van der Waals surface area (Å²) >= 11 is 9.17. The molecular weight excluding hydrogens is 580 g/mol. The second kappa shape index (κ2) is 14.6. The molecule has 0 saturated heterocycles. The second-order valence-corrected chi connectivity index (χ2v) is 5.42. The topological polar surface area (TPSA) is 76.7 Å². The van der Waals surface area contributed by atoms with E-state index in [1.807, 2.05) is 0 Å². The first-order chi connectivity index (χ1) is 12.5. The van der Waals surface area contributed by atoms with Crippen LogP contribution in [0, 0.1) is 0 Å². The van der Waals surface area contributed by atoms with Crippen molar-refractivity contribution in [3.05, 3.63) is 48.5 Å². The third kappa shape index (κ3) is 10.5. The fourth-order valence-corrected chi connectivity index (χ4v) is 1.89. The van der Waals surface area contributed by atoms with Gasteiger partial charge in [0.05, 0.1) is 14.2 Å². The minimum absolute atomic E-state index is 0. The number of anilines is 2. The maximum absolute atomic E-state index is 10.9. The van der Waals surface area contributed by atoms with Gasteiger partial charge in [-0.2, -0.15) is 0 Å². The van der Waals surface area contributed by atoms with Gasteiger partial charge < -0.3 is 45.4 Å². The summed E-state index contributed by atoms with van der Waals surface area (Å²) in [6.07, 6.45) is 0. The smallest absolute Gasteiger partial charge is 0.783 e. The minimum Gasteiger partial charge on any atom is -0.783 e. The van der Waals surface area contributed by atoms with Gasteiger partial charge in [0.2, 0.25) is 0 Å². The number of nitrogens with one attached hydrogen (secondary N) is 2. The number of hydrogen-bond donors (Lipinski definition) is 2. The largest absolute Gasteiger partial charge is 2.00 e. The Labute approximate surface area is 190 Å². The molecule has 0 spiro atoms. The van der Waals surface area contributed by atoms with E-state index in [1.54, 1.807) is 62.8 Å². The van der Waals surface area contributed by atoms with Crippen LogP contribution in [0.1, 0.15) is 0 Å². The summed E-state index contributed by atoms with van der Waals surface area (Å²) in [5.41, 5.74) is 1.46. The predicted molar refractivity (Wildman–Crippen MR) is 113 cm³/mol. The molecular formula is C18H20N2O4PbS2. The van der Waals surface area contributed by atoms with Gasteiger partial charge in [0.25, 0.3) is 0 Å². The normalized spacial score (nSPS) is 9.04. The fraction of sp³-hybridized carbons (Fsp3) is 0.222. The number of rotatable bonds is 6. The molecule has 2 rings (SSSR count). The molecule has 9 heteroatoms. The van der Waals surface area contributed by atoms with E-state index in [0.29, 0.717) is 0 Å². The van der Waals surface area contributed by atoms with Crippen molar-refractivity contribution in [3.63, 3.8) is 0 Å². The molecule has 2 radical (unpaired) electrons. The van der Waals surface area contributed by atoms with Gasteiger partial charge in [0, 0.05) is 11.4 Å². The molecule has 0 aliphatic heterocycles. The number of carbonyl (C=O) groups is 2. The average Bonchev–Trinajstić information content (AvgIpc) is 2.69. The van der Waals surface area contributed by atoms with Crippen molar-refractivity contribution in [2.45, 2.75) is 0 Å². The van der Waals surface area contributed by atoms with Gasteiger partial charge in [-0.1, -0.05) is 11.5 Å². The monoisotopic (exact) mass is 600 g/mol. The van der Waals surface area contributed by atoms with Gasteiger partial charge in [-0.15, -0.1) is 0 Å². The zero-order chi connectivity index (χ0) is 19.4. The molecule has 142 valence electrons. The van der Waals surface area contributed by atoms with E-state index < -0.39 is 0 Å². The van der Waals surface area contributed by atoms with Gasteiger partial charge in [-0.3, -0.25) is 9.59 Å². The second-order valence-electron chi connectivity index (χ2n) is 4.84. The molecule has 2 aromatic carbocycles. The van der Waals surface area contributed by atoms with E-state index in [4.69, 9.17) is 9.47 Å². The van der Waals surface area contributed by atoms with Crippen LogP contribution in [0.3, 0.4) is 0 Å². The standard InChI is InChI=1S/2C9H11NO2S.Pb/c2*1-12-8-4-2-7(3-5-8)10-9(11)6-13;/h2*2-5,13H,6H2,1H3,(H,10,11);/q;;+2/p-2. The number of methoxy groups -OCH3 is 2. The Hall–Kier alpha value is -1.40. The van der Waals surface area contributed by atoms with Gasteiger partial charge in [-0.05, 0) is 48.5 Å². The summed E-state index contributed by atoms with van der Waals surface area (Å²) in [6.45, 7) is 0. The number of benzene rings is 2. The van der Waals surface area contributed by atoms with Gasteiger partial charge in [0.1, 0.15) is 11.5 Å². The Morgan fingerprint density at radius 3 is 1.26 bits per heavy atom. The van der Waals surface area contributed by atoms with Crippen molar-refractivity contribution < 1.29 is 19.1 Å². The van der Waals surface area contributed by atoms with Gasteiger partial charge >= 0.3 is 27.3 Å². The average molecular weight is 600 g/mol. The first-order valence-corrected chi connectivity index (χ1v) is 8.71. The SMILES string of the molecule is COc1ccc(NC(=O)C[S-])cc1.COc1ccc(NC(=O)C[S-])cc1.[Pb+2]. The first-order valence-electron chi connectivity index (χ1n) is 7.56. The predicted octanol–water partition coefficient (Wildman–Crippen LogP) is 1.98. The minimum atomic E-state index is -0.167. The van der Waals surface area contributed by atoms with E-state index in [-0.39, 0.29) is 50.6 Å². The quantitative estimate of drug-likeness (QED) is 0.391. The maximum Gasteiger partial charge on any atom is 2.00 e. The Kier molecular flexibility index (Phi) is 13.9. The number of ether oxygens (including phenoxy) is 2. The van der Waals surface area contributed by atoms with Crippen LogP contribution >= 0.6 is 0 Å². The fourth-order valence-electron chi connectivity index (χ4n) is 1.74. The molecule has 0 atom stereocenters. The van der Waals surface area contributed by atoms with E-state index in [9.17, 15) is 9.59 Å². The zero-order valence-corrected chi connectivity index (χ0v) is 20.5. The summed E-state index contributed by atoms with van der Waals surface area (Å²) in [4.78, 5) is 21.8. The number of carbonyl (C=O) groups excluding carboxylic acids is 2. The molecule has 0 aromatic heterocycles. The van der Waals surface area contributed by atoms with Crippen molar-refractivity contribution in [1.82, 2.24) is 0 Å². The van der Waals surface area contributed by atoms with Crippen LogP contribution < -0.4 is 20.1 Å². The van der Waals surface area contributed by atoms with Crippen LogP contribution in [0.15, 0.2) is 48.5 Å². The molecule has 0 aliphatic carbocycles. The Balaban J connectivity index is 0.000000483. The van der Waals surface area contributed by atoms with Crippen LogP contribution in [-0.4, -0.2) is 64.8 Å². The van der Waals surface area contributed by atoms with Crippen LogP contribution in [0.2, 0.25) is 0 Å². The molecule has 0 heterocycles. The number of hydrogen-bond acceptors (Lipinski definition) is 6. The Bertz CT molecular complexity index is 636. The molecule has 0 bridgehead atoms. The van der Waals surface area contributed by atoms with Crippen molar-refractivity contribution in [1.29, 1.82) is 0 Å². The molecule has 2 amide bonds. The van der Waals surface area contributed by atoms with Gasteiger partial charge in [-0.25, -0.2) is 0 Å². The van der Waals surface area contributed by atoms with Crippen LogP contribution in [0.5, 0.6) is 11.5 Å². The molecule has 27 heavy (non-hydrogen) atoms. The van der Waals surface area contributed by atoms with Crippen LogP contribution in [0.4, 0.5) is 11.4 Å². The van der Waals surface area contributed by atoms with Crippen LogP contribution in [0.25, 0.3) is 0 Å². The van der Waals surface area contributed by atoms with Crippen molar-refractivity contribution in [3.8, 4) is 11.5 Å². The third-order valence-corrected chi connectivity index (χ3v) is 3.53. The summed E-state index contributed by atoms with van der Waals surface area (Å²) < 4.78 is 9.93. The molecule has 2 N–H and O–H groups in total. The Morgan fingerprint density at radius 2 is 1.04 bits per heavy atom. The summed E-state index contributed by atoms with van der Waals surface area (Å²) in [5.74, 6) is 1.34.